The highest BCUT2D eigenvalue weighted by Gasteiger charge is 2.25. The van der Waals surface area contributed by atoms with Crippen LogP contribution in [0.3, 0.4) is 0 Å². The summed E-state index contributed by atoms with van der Waals surface area (Å²) in [6.45, 7) is 0. The zero-order chi connectivity index (χ0) is 13.1. The fraction of sp³-hybridized carbons (Fsp3) is 0.0625. The van der Waals surface area contributed by atoms with Gasteiger partial charge in [0.1, 0.15) is 0 Å². The lowest BCUT2D eigenvalue weighted by molar-refractivity contribution is 0.681. The highest BCUT2D eigenvalue weighted by molar-refractivity contribution is 7.90. The van der Waals surface area contributed by atoms with Gasteiger partial charge in [-0.05, 0) is 17.2 Å². The standard InChI is InChI=1S/C16H13NOS/c18-19-15(11-13-7-3-1-4-8-13)12-17-16(19)14-9-5-2-6-10-14/h1-12,16H. The number of benzene rings is 2. The van der Waals surface area contributed by atoms with Crippen LogP contribution in [0.2, 0.25) is 0 Å². The molecule has 2 unspecified atom stereocenters. The van der Waals surface area contributed by atoms with Crippen molar-refractivity contribution in [3.05, 3.63) is 76.7 Å². The van der Waals surface area contributed by atoms with Gasteiger partial charge in [0, 0.05) is 6.21 Å². The van der Waals surface area contributed by atoms with Crippen molar-refractivity contribution in [3.8, 4) is 0 Å². The molecule has 2 nitrogen and oxygen atoms in total. The molecule has 1 aliphatic rings. The molecular weight excluding hydrogens is 254 g/mol. The van der Waals surface area contributed by atoms with Crippen molar-refractivity contribution < 1.29 is 4.21 Å². The van der Waals surface area contributed by atoms with Crippen LogP contribution in [-0.4, -0.2) is 10.4 Å². The average Bonchev–Trinajstić information content (AvgIpc) is 2.82. The minimum absolute atomic E-state index is 0.267. The summed E-state index contributed by atoms with van der Waals surface area (Å²) >= 11 is 0. The number of hydrogen-bond acceptors (Lipinski definition) is 2. The van der Waals surface area contributed by atoms with Crippen LogP contribution in [0.1, 0.15) is 16.5 Å². The van der Waals surface area contributed by atoms with Gasteiger partial charge in [0.05, 0.1) is 15.7 Å². The Balaban J connectivity index is 1.88. The Morgan fingerprint density at radius 2 is 1.58 bits per heavy atom. The summed E-state index contributed by atoms with van der Waals surface area (Å²) in [6.07, 6.45) is 3.66. The van der Waals surface area contributed by atoms with E-state index in [4.69, 9.17) is 0 Å². The SMILES string of the molecule is O=S1C(=Cc2ccccc2)C=NC1c1ccccc1. The lowest BCUT2D eigenvalue weighted by Crippen LogP contribution is -1.99. The molecule has 0 radical (unpaired) electrons. The molecule has 0 amide bonds. The Kier molecular flexibility index (Phi) is 3.38. The maximum Gasteiger partial charge on any atom is 0.154 e. The number of aliphatic imine (C=N–C) groups is 1. The second-order valence-electron chi connectivity index (χ2n) is 4.30. The van der Waals surface area contributed by atoms with Gasteiger partial charge in [0.2, 0.25) is 0 Å². The summed E-state index contributed by atoms with van der Waals surface area (Å²) in [4.78, 5) is 5.15. The van der Waals surface area contributed by atoms with Crippen molar-refractivity contribution in [2.24, 2.45) is 4.99 Å². The molecule has 3 heteroatoms. The van der Waals surface area contributed by atoms with Crippen molar-refractivity contribution in [1.82, 2.24) is 0 Å². The lowest BCUT2D eigenvalue weighted by Gasteiger charge is -2.06. The Labute approximate surface area is 115 Å². The molecule has 2 atom stereocenters. The third-order valence-corrected chi connectivity index (χ3v) is 4.45. The summed E-state index contributed by atoms with van der Waals surface area (Å²) in [5, 5.41) is -0.267. The molecule has 0 aliphatic carbocycles. The van der Waals surface area contributed by atoms with Gasteiger partial charge in [-0.15, -0.1) is 0 Å². The molecule has 1 heterocycles. The fourth-order valence-electron chi connectivity index (χ4n) is 2.01. The third-order valence-electron chi connectivity index (χ3n) is 2.97. The lowest BCUT2D eigenvalue weighted by atomic mass is 10.2. The van der Waals surface area contributed by atoms with Gasteiger partial charge in [0.25, 0.3) is 0 Å². The molecule has 0 saturated carbocycles. The maximum atomic E-state index is 12.4. The molecule has 0 N–H and O–H groups in total. The third kappa shape index (κ3) is 2.56. The van der Waals surface area contributed by atoms with E-state index in [1.54, 1.807) is 6.21 Å². The van der Waals surface area contributed by atoms with Crippen LogP contribution in [0, 0.1) is 0 Å². The van der Waals surface area contributed by atoms with Crippen molar-refractivity contribution >= 4 is 23.1 Å². The minimum Gasteiger partial charge on any atom is -0.270 e. The number of allylic oxidation sites excluding steroid dienone is 1. The van der Waals surface area contributed by atoms with Crippen LogP contribution in [-0.2, 0) is 10.8 Å². The maximum absolute atomic E-state index is 12.4. The predicted octanol–water partition coefficient (Wildman–Crippen LogP) is 3.56. The van der Waals surface area contributed by atoms with E-state index >= 15 is 0 Å². The molecule has 94 valence electrons. The van der Waals surface area contributed by atoms with E-state index in [0.29, 0.717) is 0 Å². The first-order valence-corrected chi connectivity index (χ1v) is 7.31. The van der Waals surface area contributed by atoms with Gasteiger partial charge in [-0.3, -0.25) is 9.20 Å². The second kappa shape index (κ2) is 5.33. The molecule has 0 fully saturated rings. The van der Waals surface area contributed by atoms with Crippen LogP contribution in [0.15, 0.2) is 70.6 Å². The molecule has 1 aliphatic heterocycles. The molecule has 0 saturated heterocycles. The summed E-state index contributed by atoms with van der Waals surface area (Å²) in [5.41, 5.74) is 2.04. The van der Waals surface area contributed by atoms with E-state index in [1.807, 2.05) is 66.7 Å². The first kappa shape index (κ1) is 12.1. The smallest absolute Gasteiger partial charge is 0.154 e. The first-order chi connectivity index (χ1) is 9.34. The normalized spacial score (nSPS) is 23.9. The number of hydrogen-bond donors (Lipinski definition) is 0. The van der Waals surface area contributed by atoms with Crippen LogP contribution in [0.4, 0.5) is 0 Å². The van der Waals surface area contributed by atoms with Crippen molar-refractivity contribution in [3.63, 3.8) is 0 Å². The van der Waals surface area contributed by atoms with E-state index in [-0.39, 0.29) is 5.37 Å². The Morgan fingerprint density at radius 3 is 2.26 bits per heavy atom. The Bertz CT molecular complexity index is 647. The molecule has 0 bridgehead atoms. The molecule has 3 rings (SSSR count). The van der Waals surface area contributed by atoms with Crippen molar-refractivity contribution in [1.29, 1.82) is 0 Å². The van der Waals surface area contributed by atoms with Gasteiger partial charge < -0.3 is 0 Å². The Morgan fingerprint density at radius 1 is 0.947 bits per heavy atom. The van der Waals surface area contributed by atoms with Crippen LogP contribution < -0.4 is 0 Å². The average molecular weight is 267 g/mol. The Hall–Kier alpha value is -2.00. The zero-order valence-electron chi connectivity index (χ0n) is 10.3. The first-order valence-electron chi connectivity index (χ1n) is 6.10. The second-order valence-corrected chi connectivity index (χ2v) is 5.81. The van der Waals surface area contributed by atoms with E-state index in [9.17, 15) is 4.21 Å². The van der Waals surface area contributed by atoms with E-state index in [1.165, 1.54) is 0 Å². The number of rotatable bonds is 2. The van der Waals surface area contributed by atoms with Crippen molar-refractivity contribution in [2.75, 3.05) is 0 Å². The van der Waals surface area contributed by atoms with Gasteiger partial charge in [0.15, 0.2) is 5.37 Å². The van der Waals surface area contributed by atoms with Gasteiger partial charge in [-0.25, -0.2) is 0 Å². The summed E-state index contributed by atoms with van der Waals surface area (Å²) < 4.78 is 12.4. The quantitative estimate of drug-likeness (QED) is 0.818. The van der Waals surface area contributed by atoms with Gasteiger partial charge in [-0.1, -0.05) is 60.7 Å². The molecule has 0 spiro atoms. The van der Waals surface area contributed by atoms with Crippen LogP contribution in [0.25, 0.3) is 6.08 Å². The van der Waals surface area contributed by atoms with E-state index in [2.05, 4.69) is 4.99 Å². The van der Waals surface area contributed by atoms with Crippen LogP contribution >= 0.6 is 0 Å². The topological polar surface area (TPSA) is 29.4 Å². The molecule has 19 heavy (non-hydrogen) atoms. The van der Waals surface area contributed by atoms with Gasteiger partial charge in [-0.2, -0.15) is 0 Å². The molecule has 2 aromatic rings. The molecular formula is C16H13NOS. The summed E-state index contributed by atoms with van der Waals surface area (Å²) in [6, 6.07) is 19.7. The highest BCUT2D eigenvalue weighted by Crippen LogP contribution is 2.30. The molecule has 2 aromatic carbocycles. The minimum atomic E-state index is -1.11. The highest BCUT2D eigenvalue weighted by atomic mass is 32.2. The largest absolute Gasteiger partial charge is 0.270 e. The van der Waals surface area contributed by atoms with Gasteiger partial charge >= 0.3 is 0 Å². The summed E-state index contributed by atoms with van der Waals surface area (Å²) in [7, 11) is -1.11. The van der Waals surface area contributed by atoms with Crippen molar-refractivity contribution in [2.45, 2.75) is 5.37 Å². The van der Waals surface area contributed by atoms with Crippen LogP contribution in [0.5, 0.6) is 0 Å². The monoisotopic (exact) mass is 267 g/mol. The summed E-state index contributed by atoms with van der Waals surface area (Å²) in [5.74, 6) is 0. The molecule has 0 aromatic heterocycles. The van der Waals surface area contributed by atoms with E-state index < -0.39 is 10.8 Å². The van der Waals surface area contributed by atoms with E-state index in [0.717, 1.165) is 16.0 Å². The predicted molar refractivity (Wildman–Crippen MR) is 80.2 cm³/mol. The fourth-order valence-corrected chi connectivity index (χ4v) is 3.26. The number of nitrogens with zero attached hydrogens (tertiary/aromatic N) is 1. The zero-order valence-corrected chi connectivity index (χ0v) is 11.1.